The Morgan fingerprint density at radius 1 is 1.47 bits per heavy atom. The van der Waals surface area contributed by atoms with Gasteiger partial charge in [-0.2, -0.15) is 0 Å². The summed E-state index contributed by atoms with van der Waals surface area (Å²) in [6.07, 6.45) is 3.38. The molecule has 0 aromatic carbocycles. The van der Waals surface area contributed by atoms with Gasteiger partial charge in [0.25, 0.3) is 0 Å². The molecular weight excluding hydrogens is 216 g/mol. The van der Waals surface area contributed by atoms with Crippen molar-refractivity contribution in [1.29, 1.82) is 0 Å². The van der Waals surface area contributed by atoms with E-state index in [1.54, 1.807) is 11.8 Å². The van der Waals surface area contributed by atoms with Crippen molar-refractivity contribution in [3.8, 4) is 0 Å². The number of alkyl halides is 1. The molecule has 15 heavy (non-hydrogen) atoms. The van der Waals surface area contributed by atoms with Crippen LogP contribution in [0.1, 0.15) is 26.2 Å². The Balaban J connectivity index is 1.89. The molecule has 1 heterocycles. The highest BCUT2D eigenvalue weighted by molar-refractivity contribution is 6.31. The van der Waals surface area contributed by atoms with Gasteiger partial charge in [-0.3, -0.25) is 10.1 Å². The van der Waals surface area contributed by atoms with E-state index in [1.807, 2.05) is 0 Å². The molecule has 2 bridgehead atoms. The molecule has 1 saturated carbocycles. The lowest BCUT2D eigenvalue weighted by atomic mass is 10.1. The molecule has 0 aromatic heterocycles. The average Bonchev–Trinajstić information content (AvgIpc) is 2.78. The predicted octanol–water partition coefficient (Wildman–Crippen LogP) is 1.33. The maximum atomic E-state index is 11.7. The molecule has 0 radical (unpaired) electrons. The van der Waals surface area contributed by atoms with Gasteiger partial charge < -0.3 is 4.90 Å². The third kappa shape index (κ3) is 2.09. The highest BCUT2D eigenvalue weighted by Crippen LogP contribution is 2.37. The van der Waals surface area contributed by atoms with Gasteiger partial charge in [0.15, 0.2) is 0 Å². The summed E-state index contributed by atoms with van der Waals surface area (Å²) in [4.78, 5) is 24.7. The van der Waals surface area contributed by atoms with Crippen molar-refractivity contribution in [3.05, 3.63) is 0 Å². The minimum Gasteiger partial charge on any atom is -0.321 e. The van der Waals surface area contributed by atoms with Gasteiger partial charge in [-0.1, -0.05) is 0 Å². The van der Waals surface area contributed by atoms with Crippen LogP contribution in [0.3, 0.4) is 0 Å². The van der Waals surface area contributed by atoms with Crippen LogP contribution in [0, 0.1) is 5.92 Å². The van der Waals surface area contributed by atoms with Crippen LogP contribution in [-0.4, -0.2) is 34.8 Å². The van der Waals surface area contributed by atoms with E-state index in [0.29, 0.717) is 12.0 Å². The second-order valence-electron chi connectivity index (χ2n) is 4.40. The number of halogens is 1. The quantitative estimate of drug-likeness (QED) is 0.691. The smallest absolute Gasteiger partial charge is 0.321 e. The lowest BCUT2D eigenvalue weighted by molar-refractivity contribution is -0.119. The van der Waals surface area contributed by atoms with Crippen molar-refractivity contribution in [1.82, 2.24) is 10.2 Å². The molecule has 3 amide bonds. The Hall–Kier alpha value is -0.770. The summed E-state index contributed by atoms with van der Waals surface area (Å²) in [6, 6.07) is 0.0631. The van der Waals surface area contributed by atoms with Gasteiger partial charge in [0, 0.05) is 12.6 Å². The zero-order valence-corrected chi connectivity index (χ0v) is 9.46. The van der Waals surface area contributed by atoms with Gasteiger partial charge in [0.05, 0.1) is 0 Å². The van der Waals surface area contributed by atoms with Crippen LogP contribution in [0.2, 0.25) is 0 Å². The molecule has 2 aliphatic rings. The number of rotatable bonds is 1. The van der Waals surface area contributed by atoms with Crippen LogP contribution < -0.4 is 5.32 Å². The molecular formula is C10H15ClN2O2. The fourth-order valence-electron chi connectivity index (χ4n) is 2.45. The topological polar surface area (TPSA) is 49.4 Å². The summed E-state index contributed by atoms with van der Waals surface area (Å²) in [5, 5.41) is 1.66. The van der Waals surface area contributed by atoms with E-state index in [0.717, 1.165) is 19.4 Å². The molecule has 1 aliphatic heterocycles. The summed E-state index contributed by atoms with van der Waals surface area (Å²) in [6.45, 7) is 2.35. The molecule has 2 fully saturated rings. The first-order valence-electron chi connectivity index (χ1n) is 5.33. The molecule has 0 spiro atoms. The summed E-state index contributed by atoms with van der Waals surface area (Å²) in [5.74, 6) is 0.230. The van der Waals surface area contributed by atoms with Crippen molar-refractivity contribution in [2.45, 2.75) is 37.6 Å². The van der Waals surface area contributed by atoms with Crippen molar-refractivity contribution < 1.29 is 9.59 Å². The highest BCUT2D eigenvalue weighted by atomic mass is 35.5. The van der Waals surface area contributed by atoms with Crippen LogP contribution in [-0.2, 0) is 4.79 Å². The molecule has 2 rings (SSSR count). The predicted molar refractivity (Wildman–Crippen MR) is 56.7 cm³/mol. The normalized spacial score (nSPS) is 30.4. The van der Waals surface area contributed by atoms with Crippen molar-refractivity contribution in [2.75, 3.05) is 6.54 Å². The van der Waals surface area contributed by atoms with Crippen molar-refractivity contribution >= 4 is 23.5 Å². The largest absolute Gasteiger partial charge is 0.324 e. The Bertz CT molecular complexity index is 293. The van der Waals surface area contributed by atoms with Crippen LogP contribution in [0.15, 0.2) is 0 Å². The van der Waals surface area contributed by atoms with E-state index in [-0.39, 0.29) is 6.03 Å². The van der Waals surface area contributed by atoms with Crippen molar-refractivity contribution in [2.24, 2.45) is 5.92 Å². The molecule has 5 heteroatoms. The maximum Gasteiger partial charge on any atom is 0.324 e. The maximum absolute atomic E-state index is 11.7. The third-order valence-corrected chi connectivity index (χ3v) is 3.46. The van der Waals surface area contributed by atoms with E-state index in [2.05, 4.69) is 5.32 Å². The second kappa shape index (κ2) is 4.00. The molecule has 0 aromatic rings. The number of hydrogen-bond donors (Lipinski definition) is 1. The number of nitrogens with zero attached hydrogens (tertiary/aromatic N) is 1. The van der Waals surface area contributed by atoms with E-state index >= 15 is 0 Å². The molecule has 84 valence electrons. The number of carbonyl (C=O) groups is 2. The molecule has 4 nitrogen and oxygen atoms in total. The van der Waals surface area contributed by atoms with E-state index in [1.165, 1.54) is 6.42 Å². The van der Waals surface area contributed by atoms with Gasteiger partial charge >= 0.3 is 6.03 Å². The van der Waals surface area contributed by atoms with Crippen molar-refractivity contribution in [3.63, 3.8) is 0 Å². The van der Waals surface area contributed by atoms with Gasteiger partial charge in [-0.15, -0.1) is 11.6 Å². The van der Waals surface area contributed by atoms with E-state index in [4.69, 9.17) is 11.6 Å². The number of nitrogens with one attached hydrogen (secondary N) is 1. The minimum atomic E-state index is -0.659. The number of urea groups is 1. The fourth-order valence-corrected chi connectivity index (χ4v) is 2.50. The summed E-state index contributed by atoms with van der Waals surface area (Å²) < 4.78 is 0. The van der Waals surface area contributed by atoms with Gasteiger partial charge in [0.2, 0.25) is 5.91 Å². The number of piperidine rings is 1. The lowest BCUT2D eigenvalue weighted by Crippen LogP contribution is -2.47. The van der Waals surface area contributed by atoms with E-state index < -0.39 is 11.3 Å². The minimum absolute atomic E-state index is 0.278. The number of amides is 3. The first-order valence-corrected chi connectivity index (χ1v) is 5.77. The molecule has 1 aliphatic carbocycles. The standard InChI is InChI=1S/C10H15ClN2O2/c1-6(11)9(14)12-10(15)13-5-7-2-3-8(13)4-7/h6-8H,2-5H2,1H3,(H,12,14,15). The second-order valence-corrected chi connectivity index (χ2v) is 5.05. The number of imide groups is 1. The first kappa shape index (κ1) is 10.7. The van der Waals surface area contributed by atoms with Crippen LogP contribution in [0.5, 0.6) is 0 Å². The van der Waals surface area contributed by atoms with Gasteiger partial charge in [-0.05, 0) is 32.1 Å². The van der Waals surface area contributed by atoms with Crippen LogP contribution in [0.4, 0.5) is 4.79 Å². The molecule has 3 atom stereocenters. The average molecular weight is 231 g/mol. The Morgan fingerprint density at radius 2 is 2.20 bits per heavy atom. The van der Waals surface area contributed by atoms with Gasteiger partial charge in [0.1, 0.15) is 5.38 Å². The first-order chi connectivity index (χ1) is 7.08. The van der Waals surface area contributed by atoms with Crippen LogP contribution in [0.25, 0.3) is 0 Å². The van der Waals surface area contributed by atoms with Gasteiger partial charge in [-0.25, -0.2) is 4.79 Å². The van der Waals surface area contributed by atoms with Crippen LogP contribution >= 0.6 is 11.6 Å². The SMILES string of the molecule is CC(Cl)C(=O)NC(=O)N1CC2CCC1C2. The highest BCUT2D eigenvalue weighted by Gasteiger charge is 2.40. The summed E-state index contributed by atoms with van der Waals surface area (Å²) in [5.41, 5.74) is 0. The Labute approximate surface area is 93.9 Å². The Kier molecular flexibility index (Phi) is 2.87. The molecule has 1 N–H and O–H groups in total. The summed E-state index contributed by atoms with van der Waals surface area (Å²) >= 11 is 5.58. The zero-order valence-electron chi connectivity index (χ0n) is 8.70. The molecule has 3 unspecified atom stereocenters. The molecule has 1 saturated heterocycles. The monoisotopic (exact) mass is 230 g/mol. The summed E-state index contributed by atoms with van der Waals surface area (Å²) in [7, 11) is 0. The third-order valence-electron chi connectivity index (χ3n) is 3.26. The fraction of sp³-hybridized carbons (Fsp3) is 0.800. The number of carbonyl (C=O) groups excluding carboxylic acids is 2. The number of fused-ring (bicyclic) bond motifs is 2. The number of hydrogen-bond acceptors (Lipinski definition) is 2. The number of likely N-dealkylation sites (tertiary alicyclic amines) is 1. The zero-order chi connectivity index (χ0) is 11.0. The lowest BCUT2D eigenvalue weighted by Gasteiger charge is -2.26. The Morgan fingerprint density at radius 3 is 2.67 bits per heavy atom. The van der Waals surface area contributed by atoms with E-state index in [9.17, 15) is 9.59 Å².